The predicted molar refractivity (Wildman–Crippen MR) is 121 cm³/mol. The second kappa shape index (κ2) is 7.90. The maximum Gasteiger partial charge on any atom is 0.295 e. The molecule has 31 heavy (non-hydrogen) atoms. The molecule has 0 aliphatic rings. The number of azo groups is 1. The minimum atomic E-state index is -4.46. The predicted octanol–water partition coefficient (Wildman–Crippen LogP) is 5.76. The monoisotopic (exact) mass is 432 g/mol. The Morgan fingerprint density at radius 1 is 0.903 bits per heavy atom. The van der Waals surface area contributed by atoms with E-state index in [1.807, 2.05) is 19.9 Å². The second-order valence-corrected chi connectivity index (χ2v) is 8.70. The van der Waals surface area contributed by atoms with Crippen molar-refractivity contribution in [3.8, 4) is 11.3 Å². The molecule has 3 N–H and O–H groups in total. The van der Waals surface area contributed by atoms with E-state index >= 15 is 0 Å². The van der Waals surface area contributed by atoms with Crippen LogP contribution in [0.1, 0.15) is 11.1 Å². The van der Waals surface area contributed by atoms with Crippen LogP contribution < -0.4 is 5.73 Å². The summed E-state index contributed by atoms with van der Waals surface area (Å²) >= 11 is 0. The zero-order valence-electron chi connectivity index (χ0n) is 16.9. The van der Waals surface area contributed by atoms with E-state index in [2.05, 4.69) is 33.4 Å². The number of aryl methyl sites for hydroxylation is 2. The van der Waals surface area contributed by atoms with Crippen molar-refractivity contribution in [2.45, 2.75) is 18.7 Å². The fourth-order valence-corrected chi connectivity index (χ4v) is 4.21. The molecule has 0 aliphatic heterocycles. The fraction of sp³-hybridized carbons (Fsp3) is 0.0870. The Kier molecular flexibility index (Phi) is 5.26. The third-order valence-corrected chi connectivity index (χ3v) is 5.74. The maximum atomic E-state index is 11.8. The third kappa shape index (κ3) is 4.30. The summed E-state index contributed by atoms with van der Waals surface area (Å²) in [7, 11) is -4.46. The minimum Gasteiger partial charge on any atom is -0.396 e. The van der Waals surface area contributed by atoms with Crippen molar-refractivity contribution in [2.75, 3.05) is 5.73 Å². The van der Waals surface area contributed by atoms with Gasteiger partial charge in [0.15, 0.2) is 0 Å². The largest absolute Gasteiger partial charge is 0.396 e. The van der Waals surface area contributed by atoms with Crippen LogP contribution in [-0.4, -0.2) is 18.0 Å². The van der Waals surface area contributed by atoms with Gasteiger partial charge >= 0.3 is 0 Å². The highest BCUT2D eigenvalue weighted by Crippen LogP contribution is 2.36. The van der Waals surface area contributed by atoms with Gasteiger partial charge in [-0.15, -0.1) is 10.2 Å². The van der Waals surface area contributed by atoms with Gasteiger partial charge < -0.3 is 5.73 Å². The molecule has 0 atom stereocenters. The minimum absolute atomic E-state index is 0.143. The molecule has 0 fully saturated rings. The molecule has 0 saturated heterocycles. The van der Waals surface area contributed by atoms with Crippen LogP contribution in [0.2, 0.25) is 0 Å². The average Bonchev–Trinajstić information content (AvgIpc) is 2.72. The lowest BCUT2D eigenvalue weighted by Gasteiger charge is -2.09. The highest BCUT2D eigenvalue weighted by atomic mass is 32.2. The summed E-state index contributed by atoms with van der Waals surface area (Å²) in [6, 6.07) is 17.7. The Morgan fingerprint density at radius 3 is 2.19 bits per heavy atom. The van der Waals surface area contributed by atoms with Gasteiger partial charge in [-0.25, -0.2) is 0 Å². The van der Waals surface area contributed by atoms with Crippen molar-refractivity contribution in [1.82, 2.24) is 4.98 Å². The summed E-state index contributed by atoms with van der Waals surface area (Å²) in [6.45, 7) is 4.07. The first-order chi connectivity index (χ1) is 14.7. The van der Waals surface area contributed by atoms with E-state index in [9.17, 15) is 13.0 Å². The SMILES string of the molecule is Cc1cc(C)cc(-c2ccc(/N=N/c3cc(S(=O)(=O)O)c4ccccc4c3N)cn2)c1. The standard InChI is InChI=1S/C23H20N4O3S/c1-14-9-15(2)11-16(10-14)20-8-7-17(13-25-20)26-27-21-12-22(31(28,29)30)18-5-3-4-6-19(18)23(21)24/h3-13H,24H2,1-2H3,(H,28,29,30)/b27-26+. The van der Waals surface area contributed by atoms with Crippen LogP contribution in [0.15, 0.2) is 82.0 Å². The average molecular weight is 433 g/mol. The highest BCUT2D eigenvalue weighted by molar-refractivity contribution is 7.86. The number of anilines is 1. The van der Waals surface area contributed by atoms with E-state index in [0.717, 1.165) is 22.4 Å². The molecule has 4 rings (SSSR count). The van der Waals surface area contributed by atoms with Crippen molar-refractivity contribution in [2.24, 2.45) is 10.2 Å². The van der Waals surface area contributed by atoms with Gasteiger partial charge in [0.25, 0.3) is 10.1 Å². The van der Waals surface area contributed by atoms with E-state index < -0.39 is 10.1 Å². The quantitative estimate of drug-likeness (QED) is 0.241. The lowest BCUT2D eigenvalue weighted by molar-refractivity contribution is 0.484. The number of rotatable bonds is 4. The molecule has 0 aliphatic carbocycles. The van der Waals surface area contributed by atoms with Gasteiger partial charge in [0.2, 0.25) is 0 Å². The van der Waals surface area contributed by atoms with Gasteiger partial charge in [0, 0.05) is 16.3 Å². The molecular formula is C23H20N4O3S. The van der Waals surface area contributed by atoms with E-state index in [1.54, 1.807) is 36.5 Å². The molecule has 1 aromatic heterocycles. The summed E-state index contributed by atoms with van der Waals surface area (Å²) in [5, 5.41) is 9.05. The van der Waals surface area contributed by atoms with Crippen molar-refractivity contribution >= 4 is 38.0 Å². The van der Waals surface area contributed by atoms with Crippen molar-refractivity contribution in [1.29, 1.82) is 0 Å². The molecule has 4 aromatic rings. The zero-order valence-corrected chi connectivity index (χ0v) is 17.8. The number of hydrogen-bond acceptors (Lipinski definition) is 6. The van der Waals surface area contributed by atoms with Crippen LogP contribution in [0, 0.1) is 13.8 Å². The van der Waals surface area contributed by atoms with Crippen LogP contribution in [0.5, 0.6) is 0 Å². The topological polar surface area (TPSA) is 118 Å². The first kappa shape index (κ1) is 20.6. The van der Waals surface area contributed by atoms with Crippen LogP contribution in [0.25, 0.3) is 22.0 Å². The van der Waals surface area contributed by atoms with E-state index in [-0.39, 0.29) is 16.3 Å². The third-order valence-electron chi connectivity index (χ3n) is 4.84. The van der Waals surface area contributed by atoms with Gasteiger partial charge in [-0.1, -0.05) is 41.5 Å². The molecule has 0 spiro atoms. The van der Waals surface area contributed by atoms with E-state index in [0.29, 0.717) is 16.5 Å². The summed E-state index contributed by atoms with van der Waals surface area (Å²) < 4.78 is 33.3. The Hall–Kier alpha value is -3.62. The summed E-state index contributed by atoms with van der Waals surface area (Å²) in [5.74, 6) is 0. The molecule has 0 amide bonds. The van der Waals surface area contributed by atoms with Crippen LogP contribution in [-0.2, 0) is 10.1 Å². The van der Waals surface area contributed by atoms with Gasteiger partial charge in [0.05, 0.1) is 17.6 Å². The van der Waals surface area contributed by atoms with Gasteiger partial charge in [0.1, 0.15) is 16.3 Å². The van der Waals surface area contributed by atoms with E-state index in [1.165, 1.54) is 6.07 Å². The molecular weight excluding hydrogens is 412 g/mol. The van der Waals surface area contributed by atoms with E-state index in [4.69, 9.17) is 5.73 Å². The molecule has 156 valence electrons. The number of aromatic nitrogens is 1. The Bertz CT molecular complexity index is 1410. The molecule has 7 nitrogen and oxygen atoms in total. The zero-order chi connectivity index (χ0) is 22.2. The number of nitrogens with zero attached hydrogens (tertiary/aromatic N) is 3. The number of pyridine rings is 1. The lowest BCUT2D eigenvalue weighted by Crippen LogP contribution is -2.01. The Morgan fingerprint density at radius 2 is 1.58 bits per heavy atom. The Balaban J connectivity index is 1.71. The van der Waals surface area contributed by atoms with Crippen LogP contribution >= 0.6 is 0 Å². The molecule has 0 bridgehead atoms. The van der Waals surface area contributed by atoms with Crippen LogP contribution in [0.3, 0.4) is 0 Å². The summed E-state index contributed by atoms with van der Waals surface area (Å²) in [4.78, 5) is 4.18. The fourth-order valence-electron chi connectivity index (χ4n) is 3.50. The number of fused-ring (bicyclic) bond motifs is 1. The second-order valence-electron chi connectivity index (χ2n) is 7.31. The van der Waals surface area contributed by atoms with Crippen molar-refractivity contribution in [3.63, 3.8) is 0 Å². The number of benzene rings is 3. The lowest BCUT2D eigenvalue weighted by atomic mass is 10.0. The summed E-state index contributed by atoms with van der Waals surface area (Å²) in [6.07, 6.45) is 1.58. The number of hydrogen-bond donors (Lipinski definition) is 2. The smallest absolute Gasteiger partial charge is 0.295 e. The van der Waals surface area contributed by atoms with Crippen molar-refractivity contribution in [3.05, 3.63) is 78.0 Å². The molecule has 8 heteroatoms. The van der Waals surface area contributed by atoms with Crippen LogP contribution in [0.4, 0.5) is 17.1 Å². The highest BCUT2D eigenvalue weighted by Gasteiger charge is 2.18. The molecule has 0 radical (unpaired) electrons. The first-order valence-electron chi connectivity index (χ1n) is 9.47. The summed E-state index contributed by atoms with van der Waals surface area (Å²) in [5.41, 5.74) is 11.2. The van der Waals surface area contributed by atoms with Gasteiger partial charge in [-0.2, -0.15) is 8.42 Å². The van der Waals surface area contributed by atoms with Crippen molar-refractivity contribution < 1.29 is 13.0 Å². The molecule has 0 saturated carbocycles. The molecule has 3 aromatic carbocycles. The van der Waals surface area contributed by atoms with Gasteiger partial charge in [-0.3, -0.25) is 9.54 Å². The molecule has 1 heterocycles. The Labute approximate surface area is 180 Å². The maximum absolute atomic E-state index is 11.8. The molecule has 0 unspecified atom stereocenters. The normalized spacial score (nSPS) is 12.0. The van der Waals surface area contributed by atoms with Gasteiger partial charge in [-0.05, 0) is 44.2 Å². The number of nitrogen functional groups attached to an aromatic ring is 1. The number of nitrogens with two attached hydrogens (primary N) is 1. The first-order valence-corrected chi connectivity index (χ1v) is 10.9.